The van der Waals surface area contributed by atoms with Crippen LogP contribution in [0.2, 0.25) is 0 Å². The fraction of sp³-hybridized carbons (Fsp3) is 0. The normalized spacial score (nSPS) is 10.1. The highest BCUT2D eigenvalue weighted by atomic mass is 32.1. The van der Waals surface area contributed by atoms with Crippen LogP contribution in [0, 0.1) is 0 Å². The third-order valence-corrected chi connectivity index (χ3v) is 2.26. The predicted octanol–water partition coefficient (Wildman–Crippen LogP) is 1.82. The van der Waals surface area contributed by atoms with E-state index in [4.69, 9.17) is 5.11 Å². The molecular weight excluding hydrogens is 194 g/mol. The number of hydrogen-bond donors (Lipinski definition) is 1. The van der Waals surface area contributed by atoms with Gasteiger partial charge < -0.3 is 5.11 Å². The van der Waals surface area contributed by atoms with Crippen molar-refractivity contribution >= 4 is 12.6 Å². The molecule has 70 valence electrons. The van der Waals surface area contributed by atoms with Crippen LogP contribution in [0.15, 0.2) is 47.5 Å². The van der Waals surface area contributed by atoms with Crippen LogP contribution in [-0.2, 0) is 12.6 Å². The Morgan fingerprint density at radius 2 is 1.71 bits per heavy atom. The third kappa shape index (κ3) is 1.88. The molecule has 2 rings (SSSR count). The highest BCUT2D eigenvalue weighted by Crippen LogP contribution is 2.18. The third-order valence-electron chi connectivity index (χ3n) is 1.93. The maximum atomic E-state index is 9.08. The minimum absolute atomic E-state index is 0.186. The summed E-state index contributed by atoms with van der Waals surface area (Å²) in [5.74, 6) is 0.186. The zero-order valence-corrected chi connectivity index (χ0v) is 8.44. The second kappa shape index (κ2) is 3.72. The molecule has 1 N–H and O–H groups in total. The second-order valence-electron chi connectivity index (χ2n) is 2.98. The van der Waals surface area contributed by atoms with Gasteiger partial charge in [0.05, 0.1) is 11.9 Å². The zero-order valence-electron chi connectivity index (χ0n) is 7.44. The van der Waals surface area contributed by atoms with Crippen LogP contribution in [0.4, 0.5) is 0 Å². The van der Waals surface area contributed by atoms with E-state index in [9.17, 15) is 0 Å². The van der Waals surface area contributed by atoms with Gasteiger partial charge >= 0.3 is 0 Å². The van der Waals surface area contributed by atoms with E-state index in [1.54, 1.807) is 12.1 Å². The summed E-state index contributed by atoms with van der Waals surface area (Å²) in [5.41, 5.74) is 1.89. The van der Waals surface area contributed by atoms with Crippen molar-refractivity contribution in [2.75, 3.05) is 0 Å². The van der Waals surface area contributed by atoms with E-state index in [1.807, 2.05) is 24.3 Å². The van der Waals surface area contributed by atoms with Crippen molar-refractivity contribution < 1.29 is 5.11 Å². The van der Waals surface area contributed by atoms with Crippen molar-refractivity contribution in [1.29, 1.82) is 0 Å². The Morgan fingerprint density at radius 1 is 1.00 bits per heavy atom. The minimum atomic E-state index is 0.186. The Hall–Kier alpha value is -1.48. The number of aromatic nitrogens is 1. The summed E-state index contributed by atoms with van der Waals surface area (Å²) < 4.78 is 0. The van der Waals surface area contributed by atoms with E-state index in [1.165, 1.54) is 6.20 Å². The number of pyridine rings is 1. The molecule has 0 atom stereocenters. The van der Waals surface area contributed by atoms with Crippen LogP contribution < -0.4 is 0 Å². The smallest absolute Gasteiger partial charge is 0.150 e. The molecule has 2 nitrogen and oxygen atoms in total. The first-order valence-corrected chi connectivity index (χ1v) is 4.73. The molecule has 2 aromatic rings. The molecule has 0 unspecified atom stereocenters. The number of benzene rings is 1. The van der Waals surface area contributed by atoms with Gasteiger partial charge in [-0.3, -0.25) is 4.98 Å². The summed E-state index contributed by atoms with van der Waals surface area (Å²) in [4.78, 5) is 5.15. The van der Waals surface area contributed by atoms with Gasteiger partial charge in [0.15, 0.2) is 0 Å². The molecule has 1 aromatic carbocycles. The summed E-state index contributed by atoms with van der Waals surface area (Å²) in [6, 6.07) is 11.3. The summed E-state index contributed by atoms with van der Waals surface area (Å²) >= 11 is 3.42. The van der Waals surface area contributed by atoms with Gasteiger partial charge in [0, 0.05) is 5.56 Å². The minimum Gasteiger partial charge on any atom is -0.506 e. The number of hydrogen-bond acceptors (Lipinski definition) is 2. The first-order valence-electron chi connectivity index (χ1n) is 4.23. The monoisotopic (exact) mass is 204 g/mol. The van der Waals surface area contributed by atoms with Crippen LogP contribution in [0.5, 0.6) is 5.75 Å². The lowest BCUT2D eigenvalue weighted by atomic mass is 10.1. The van der Waals surface area contributed by atoms with Gasteiger partial charge in [-0.25, -0.2) is 0 Å². The Morgan fingerprint density at radius 3 is 2.29 bits per heavy atom. The van der Waals surface area contributed by atoms with Crippen molar-refractivity contribution in [1.82, 2.24) is 4.98 Å². The van der Waals surface area contributed by atoms with Gasteiger partial charge in [-0.2, -0.15) is 0 Å². The van der Waals surface area contributed by atoms with Gasteiger partial charge in [-0.05, 0) is 49.0 Å². The van der Waals surface area contributed by atoms with E-state index in [-0.39, 0.29) is 5.75 Å². The molecule has 1 aromatic heterocycles. The van der Waals surface area contributed by atoms with E-state index in [2.05, 4.69) is 17.6 Å². The Kier molecular flexibility index (Phi) is 2.41. The molecule has 0 aliphatic rings. The van der Waals surface area contributed by atoms with Gasteiger partial charge in [0.2, 0.25) is 0 Å². The number of aromatic hydroxyl groups is 1. The predicted molar refractivity (Wildman–Crippen MR) is 59.8 cm³/mol. The van der Waals surface area contributed by atoms with E-state index < -0.39 is 0 Å². The van der Waals surface area contributed by atoms with E-state index in [0.29, 0.717) is 0 Å². The molecule has 0 amide bonds. The van der Waals surface area contributed by atoms with Crippen LogP contribution in [0.3, 0.4) is 0 Å². The molecule has 0 bridgehead atoms. The average Bonchev–Trinajstić information content (AvgIpc) is 2.21. The van der Waals surface area contributed by atoms with Crippen LogP contribution in [0.25, 0.3) is 11.3 Å². The fourth-order valence-electron chi connectivity index (χ4n) is 1.20. The van der Waals surface area contributed by atoms with Crippen molar-refractivity contribution in [3.8, 4) is 17.0 Å². The lowest BCUT2D eigenvalue weighted by molar-refractivity contribution is 0.473. The second-order valence-corrected chi connectivity index (χ2v) is 3.56. The Balaban J connectivity index is 2.40. The quantitative estimate of drug-likeness (QED) is 0.719. The first-order chi connectivity index (χ1) is 6.75. The molecule has 0 aliphatic carbocycles. The summed E-state index contributed by atoms with van der Waals surface area (Å²) in [6.07, 6.45) is 1.44. The summed E-state index contributed by atoms with van der Waals surface area (Å²) in [5, 5.41) is 9.08. The standard InChI is InChI=1S/C11H9NOS/c13-9-3-6-11(12-7-9)8-1-4-10(14)5-2-8/h1-7,13-14H/p+1. The van der Waals surface area contributed by atoms with Gasteiger partial charge in [0.1, 0.15) is 10.6 Å². The molecular formula is C11H10NOS+. The van der Waals surface area contributed by atoms with Gasteiger partial charge in [-0.15, -0.1) is 0 Å². The van der Waals surface area contributed by atoms with Crippen molar-refractivity contribution in [3.63, 3.8) is 0 Å². The number of nitrogens with zero attached hydrogens (tertiary/aromatic N) is 1. The van der Waals surface area contributed by atoms with E-state index in [0.717, 1.165) is 16.2 Å². The van der Waals surface area contributed by atoms with Gasteiger partial charge in [0.25, 0.3) is 0 Å². The summed E-state index contributed by atoms with van der Waals surface area (Å²) in [7, 11) is 0. The Bertz CT molecular complexity index is 379. The molecule has 3 heteroatoms. The molecule has 0 saturated carbocycles. The lowest BCUT2D eigenvalue weighted by Gasteiger charge is -1.99. The molecule has 0 aliphatic heterocycles. The molecule has 0 spiro atoms. The van der Waals surface area contributed by atoms with Crippen molar-refractivity contribution in [2.24, 2.45) is 0 Å². The van der Waals surface area contributed by atoms with Crippen LogP contribution in [-0.4, -0.2) is 10.1 Å². The van der Waals surface area contributed by atoms with Crippen LogP contribution >= 0.6 is 0 Å². The fourth-order valence-corrected chi connectivity index (χ4v) is 1.36. The van der Waals surface area contributed by atoms with Crippen LogP contribution in [0.1, 0.15) is 0 Å². The number of rotatable bonds is 1. The molecule has 0 saturated heterocycles. The SMILES string of the molecule is Oc1ccc(-c2ccc([SH2+])cc2)nc1. The average molecular weight is 204 g/mol. The molecule has 0 radical (unpaired) electrons. The highest BCUT2D eigenvalue weighted by Gasteiger charge is 1.99. The molecule has 14 heavy (non-hydrogen) atoms. The Labute approximate surface area is 87.7 Å². The van der Waals surface area contributed by atoms with E-state index >= 15 is 0 Å². The first kappa shape index (κ1) is 9.09. The zero-order chi connectivity index (χ0) is 9.97. The van der Waals surface area contributed by atoms with Gasteiger partial charge in [-0.1, -0.05) is 0 Å². The largest absolute Gasteiger partial charge is 0.506 e. The van der Waals surface area contributed by atoms with Crippen molar-refractivity contribution in [2.45, 2.75) is 4.90 Å². The van der Waals surface area contributed by atoms with Crippen molar-refractivity contribution in [3.05, 3.63) is 42.6 Å². The molecule has 1 heterocycles. The highest BCUT2D eigenvalue weighted by molar-refractivity contribution is 7.58. The summed E-state index contributed by atoms with van der Waals surface area (Å²) in [6.45, 7) is 0. The molecule has 0 fully saturated rings. The maximum absolute atomic E-state index is 9.08. The lowest BCUT2D eigenvalue weighted by Crippen LogP contribution is -1.82. The maximum Gasteiger partial charge on any atom is 0.150 e. The topological polar surface area (TPSA) is 33.1 Å².